The number of benzene rings is 2. The van der Waals surface area contributed by atoms with Crippen LogP contribution >= 0.6 is 0 Å². The Balaban J connectivity index is 1.93. The first-order valence-electron chi connectivity index (χ1n) is 8.24. The summed E-state index contributed by atoms with van der Waals surface area (Å²) in [6.45, 7) is 1.97. The first kappa shape index (κ1) is 17.3. The monoisotopic (exact) mass is 346 g/mol. The highest BCUT2D eigenvalue weighted by Crippen LogP contribution is 2.28. The van der Waals surface area contributed by atoms with Gasteiger partial charge in [-0.05, 0) is 36.4 Å². The predicted molar refractivity (Wildman–Crippen MR) is 101 cm³/mol. The number of fused-ring (bicyclic) bond motifs is 1. The molecule has 0 saturated heterocycles. The molecule has 0 atom stereocenters. The van der Waals surface area contributed by atoms with Crippen LogP contribution < -0.4 is 10.1 Å². The maximum atomic E-state index is 12.5. The second-order valence-electron chi connectivity index (χ2n) is 5.64. The number of rotatable bonds is 5. The lowest BCUT2D eigenvalue weighted by Gasteiger charge is -2.05. The SMILES string of the molecule is CCc1oc2ccccc2c1/C=C(\C#N)C(=O)Nc1ccc(OC)cc1. The number of para-hydroxylation sites is 1. The number of carbonyl (C=O) groups excluding carboxylic acids is 1. The Morgan fingerprint density at radius 2 is 1.96 bits per heavy atom. The zero-order valence-electron chi connectivity index (χ0n) is 14.6. The number of nitrogens with zero attached hydrogens (tertiary/aromatic N) is 1. The molecule has 0 spiro atoms. The van der Waals surface area contributed by atoms with Crippen LogP contribution in [-0.4, -0.2) is 13.0 Å². The molecule has 0 aliphatic heterocycles. The molecule has 0 fully saturated rings. The summed E-state index contributed by atoms with van der Waals surface area (Å²) in [5.41, 5.74) is 2.11. The lowest BCUT2D eigenvalue weighted by atomic mass is 10.1. The zero-order valence-corrected chi connectivity index (χ0v) is 14.6. The summed E-state index contributed by atoms with van der Waals surface area (Å²) >= 11 is 0. The van der Waals surface area contributed by atoms with Gasteiger partial charge in [-0.1, -0.05) is 25.1 Å². The van der Waals surface area contributed by atoms with Gasteiger partial charge in [-0.2, -0.15) is 5.26 Å². The number of nitrogens with one attached hydrogen (secondary N) is 1. The predicted octanol–water partition coefficient (Wildman–Crippen LogP) is 4.55. The summed E-state index contributed by atoms with van der Waals surface area (Å²) in [6, 6.07) is 16.5. The van der Waals surface area contributed by atoms with Crippen molar-refractivity contribution >= 4 is 28.6 Å². The largest absolute Gasteiger partial charge is 0.497 e. The number of anilines is 1. The van der Waals surface area contributed by atoms with Crippen LogP contribution in [0.15, 0.2) is 58.5 Å². The van der Waals surface area contributed by atoms with Crippen molar-refractivity contribution in [3.63, 3.8) is 0 Å². The van der Waals surface area contributed by atoms with E-state index in [2.05, 4.69) is 5.32 Å². The molecule has 3 aromatic rings. The molecule has 5 heteroatoms. The fourth-order valence-corrected chi connectivity index (χ4v) is 2.70. The van der Waals surface area contributed by atoms with E-state index in [-0.39, 0.29) is 5.57 Å². The van der Waals surface area contributed by atoms with E-state index in [4.69, 9.17) is 9.15 Å². The number of furan rings is 1. The highest BCUT2D eigenvalue weighted by molar-refractivity contribution is 6.10. The summed E-state index contributed by atoms with van der Waals surface area (Å²) in [7, 11) is 1.57. The van der Waals surface area contributed by atoms with E-state index in [9.17, 15) is 10.1 Å². The molecule has 5 nitrogen and oxygen atoms in total. The topological polar surface area (TPSA) is 75.3 Å². The van der Waals surface area contributed by atoms with Gasteiger partial charge in [0.05, 0.1) is 7.11 Å². The van der Waals surface area contributed by atoms with Crippen LogP contribution in [0.2, 0.25) is 0 Å². The van der Waals surface area contributed by atoms with E-state index in [1.54, 1.807) is 37.5 Å². The van der Waals surface area contributed by atoms with Gasteiger partial charge < -0.3 is 14.5 Å². The van der Waals surface area contributed by atoms with Gasteiger partial charge >= 0.3 is 0 Å². The molecule has 0 saturated carbocycles. The quantitative estimate of drug-likeness (QED) is 0.543. The number of methoxy groups -OCH3 is 1. The molecule has 0 aliphatic rings. The molecule has 0 radical (unpaired) electrons. The Bertz CT molecular complexity index is 1010. The van der Waals surface area contributed by atoms with E-state index in [1.807, 2.05) is 37.3 Å². The van der Waals surface area contributed by atoms with Crippen molar-refractivity contribution in [2.45, 2.75) is 13.3 Å². The van der Waals surface area contributed by atoms with E-state index in [1.165, 1.54) is 0 Å². The molecule has 3 rings (SSSR count). The Kier molecular flexibility index (Phi) is 5.04. The van der Waals surface area contributed by atoms with Gasteiger partial charge in [0.1, 0.15) is 28.7 Å². The minimum Gasteiger partial charge on any atom is -0.497 e. The van der Waals surface area contributed by atoms with E-state index in [0.29, 0.717) is 17.9 Å². The van der Waals surface area contributed by atoms with Gasteiger partial charge in [-0.25, -0.2) is 0 Å². The maximum Gasteiger partial charge on any atom is 0.266 e. The van der Waals surface area contributed by atoms with Crippen LogP contribution in [0.25, 0.3) is 17.0 Å². The molecule has 130 valence electrons. The molecule has 1 heterocycles. The van der Waals surface area contributed by atoms with Crippen molar-refractivity contribution < 1.29 is 13.9 Å². The normalized spacial score (nSPS) is 11.2. The number of carbonyl (C=O) groups is 1. The number of amides is 1. The van der Waals surface area contributed by atoms with Crippen LogP contribution in [0.1, 0.15) is 18.2 Å². The molecule has 1 amide bonds. The van der Waals surface area contributed by atoms with Crippen LogP contribution in [0.4, 0.5) is 5.69 Å². The molecule has 1 N–H and O–H groups in total. The molecule has 0 unspecified atom stereocenters. The van der Waals surface area contributed by atoms with Gasteiger partial charge in [0.15, 0.2) is 0 Å². The van der Waals surface area contributed by atoms with Gasteiger partial charge in [-0.3, -0.25) is 4.79 Å². The minimum absolute atomic E-state index is 0.0158. The third-order valence-electron chi connectivity index (χ3n) is 4.03. The van der Waals surface area contributed by atoms with Gasteiger partial charge in [0.25, 0.3) is 5.91 Å². The van der Waals surface area contributed by atoms with E-state index < -0.39 is 5.91 Å². The number of aryl methyl sites for hydroxylation is 1. The maximum absolute atomic E-state index is 12.5. The summed E-state index contributed by atoms with van der Waals surface area (Å²) < 4.78 is 10.9. The smallest absolute Gasteiger partial charge is 0.266 e. The van der Waals surface area contributed by atoms with Crippen molar-refractivity contribution in [3.8, 4) is 11.8 Å². The molecule has 0 bridgehead atoms. The fourth-order valence-electron chi connectivity index (χ4n) is 2.70. The first-order chi connectivity index (χ1) is 12.7. The molecular weight excluding hydrogens is 328 g/mol. The highest BCUT2D eigenvalue weighted by atomic mass is 16.5. The first-order valence-corrected chi connectivity index (χ1v) is 8.24. The average molecular weight is 346 g/mol. The third-order valence-corrected chi connectivity index (χ3v) is 4.03. The molecule has 2 aromatic carbocycles. The van der Waals surface area contributed by atoms with Gasteiger partial charge in [0.2, 0.25) is 0 Å². The number of ether oxygens (including phenoxy) is 1. The van der Waals surface area contributed by atoms with Crippen molar-refractivity contribution in [2.75, 3.05) is 12.4 Å². The fraction of sp³-hybridized carbons (Fsp3) is 0.143. The lowest BCUT2D eigenvalue weighted by molar-refractivity contribution is -0.112. The highest BCUT2D eigenvalue weighted by Gasteiger charge is 2.15. The van der Waals surface area contributed by atoms with Crippen molar-refractivity contribution in [1.29, 1.82) is 5.26 Å². The van der Waals surface area contributed by atoms with Gasteiger partial charge in [0, 0.05) is 23.1 Å². The van der Waals surface area contributed by atoms with E-state index in [0.717, 1.165) is 22.3 Å². The van der Waals surface area contributed by atoms with Gasteiger partial charge in [-0.15, -0.1) is 0 Å². The minimum atomic E-state index is -0.468. The Labute approximate surface area is 151 Å². The van der Waals surface area contributed by atoms with Crippen LogP contribution in [0.3, 0.4) is 0 Å². The van der Waals surface area contributed by atoms with Crippen LogP contribution in [-0.2, 0) is 11.2 Å². The number of nitriles is 1. The lowest BCUT2D eigenvalue weighted by Crippen LogP contribution is -2.13. The summed E-state index contributed by atoms with van der Waals surface area (Å²) in [5.74, 6) is 0.970. The molecular formula is C21H18N2O3. The Morgan fingerprint density at radius 1 is 1.23 bits per heavy atom. The van der Waals surface area contributed by atoms with Crippen LogP contribution in [0, 0.1) is 11.3 Å². The molecule has 0 aliphatic carbocycles. The average Bonchev–Trinajstić information content (AvgIpc) is 3.04. The van der Waals surface area contributed by atoms with Crippen molar-refractivity contribution in [3.05, 3.63) is 65.4 Å². The number of hydrogen-bond donors (Lipinski definition) is 1. The molecule has 26 heavy (non-hydrogen) atoms. The second-order valence-corrected chi connectivity index (χ2v) is 5.64. The summed E-state index contributed by atoms with van der Waals surface area (Å²) in [4.78, 5) is 12.5. The third kappa shape index (κ3) is 3.45. The summed E-state index contributed by atoms with van der Waals surface area (Å²) in [6.07, 6.45) is 2.25. The zero-order chi connectivity index (χ0) is 18.5. The van der Waals surface area contributed by atoms with E-state index >= 15 is 0 Å². The standard InChI is InChI=1S/C21H18N2O3/c1-3-19-18(17-6-4-5-7-20(17)26-19)12-14(13-22)21(24)23-15-8-10-16(25-2)11-9-15/h4-12H,3H2,1-2H3,(H,23,24)/b14-12+. The van der Waals surface area contributed by atoms with Crippen molar-refractivity contribution in [2.24, 2.45) is 0 Å². The Hall–Kier alpha value is -3.52. The molecule has 1 aromatic heterocycles. The Morgan fingerprint density at radius 3 is 2.62 bits per heavy atom. The second kappa shape index (κ2) is 7.58. The van der Waals surface area contributed by atoms with Crippen molar-refractivity contribution in [1.82, 2.24) is 0 Å². The summed E-state index contributed by atoms with van der Waals surface area (Å²) in [5, 5.41) is 13.1. The van der Waals surface area contributed by atoms with Crippen LogP contribution in [0.5, 0.6) is 5.75 Å². The number of hydrogen-bond acceptors (Lipinski definition) is 4.